The maximum atomic E-state index is 13.2. The molecule has 4 rings (SSSR count). The summed E-state index contributed by atoms with van der Waals surface area (Å²) in [5.74, 6) is -0.0279. The van der Waals surface area contributed by atoms with Crippen LogP contribution < -0.4 is 9.47 Å². The molecular formula is C30H28O6S. The predicted octanol–water partition coefficient (Wildman–Crippen LogP) is 6.65. The highest BCUT2D eigenvalue weighted by molar-refractivity contribution is 7.91. The van der Waals surface area contributed by atoms with Crippen molar-refractivity contribution in [1.29, 1.82) is 0 Å². The molecule has 0 saturated carbocycles. The molecule has 0 amide bonds. The minimum atomic E-state index is -4.07. The molecule has 0 aliphatic carbocycles. The van der Waals surface area contributed by atoms with Gasteiger partial charge in [-0.2, -0.15) is 0 Å². The zero-order valence-corrected chi connectivity index (χ0v) is 21.9. The SMILES string of the molecule is COc1ccc(S(=O)(=O)c2ccc(Oc3ccc(C(C)(C)c4ccc(C)cc4)cc3)cc2)c(C(=O)O)c1. The third-order valence-electron chi connectivity index (χ3n) is 6.43. The van der Waals surface area contributed by atoms with Gasteiger partial charge in [0.15, 0.2) is 0 Å². The summed E-state index contributed by atoms with van der Waals surface area (Å²) in [6.07, 6.45) is 0. The molecule has 0 spiro atoms. The first-order chi connectivity index (χ1) is 17.5. The van der Waals surface area contributed by atoms with E-state index in [-0.39, 0.29) is 26.5 Å². The van der Waals surface area contributed by atoms with E-state index in [1.165, 1.54) is 48.6 Å². The summed E-state index contributed by atoms with van der Waals surface area (Å²) < 4.78 is 37.3. The third kappa shape index (κ3) is 5.37. The molecule has 0 bridgehead atoms. The fourth-order valence-corrected chi connectivity index (χ4v) is 5.50. The Labute approximate surface area is 217 Å². The van der Waals surface area contributed by atoms with Crippen LogP contribution in [-0.4, -0.2) is 26.6 Å². The smallest absolute Gasteiger partial charge is 0.337 e. The van der Waals surface area contributed by atoms with Crippen LogP contribution >= 0.6 is 0 Å². The van der Waals surface area contributed by atoms with Crippen molar-refractivity contribution in [3.05, 3.63) is 113 Å². The fraction of sp³-hybridized carbons (Fsp3) is 0.167. The third-order valence-corrected chi connectivity index (χ3v) is 8.25. The van der Waals surface area contributed by atoms with E-state index in [1.54, 1.807) is 12.1 Å². The zero-order chi connectivity index (χ0) is 26.8. The number of ether oxygens (including phenoxy) is 2. The largest absolute Gasteiger partial charge is 0.497 e. The number of hydrogen-bond donors (Lipinski definition) is 1. The lowest BCUT2D eigenvalue weighted by Gasteiger charge is -2.26. The highest BCUT2D eigenvalue weighted by Crippen LogP contribution is 2.34. The van der Waals surface area contributed by atoms with Gasteiger partial charge in [0.2, 0.25) is 9.84 Å². The van der Waals surface area contributed by atoms with Gasteiger partial charge in [-0.1, -0.05) is 55.8 Å². The number of carbonyl (C=O) groups is 1. The highest BCUT2D eigenvalue weighted by atomic mass is 32.2. The van der Waals surface area contributed by atoms with Crippen LogP contribution in [0.4, 0.5) is 0 Å². The van der Waals surface area contributed by atoms with Gasteiger partial charge in [0, 0.05) is 5.41 Å². The van der Waals surface area contributed by atoms with Crippen molar-refractivity contribution in [1.82, 2.24) is 0 Å². The lowest BCUT2D eigenvalue weighted by Crippen LogP contribution is -2.18. The first-order valence-electron chi connectivity index (χ1n) is 11.6. The highest BCUT2D eigenvalue weighted by Gasteiger charge is 2.25. The number of aromatic carboxylic acids is 1. The van der Waals surface area contributed by atoms with Crippen molar-refractivity contribution in [2.24, 2.45) is 0 Å². The van der Waals surface area contributed by atoms with Gasteiger partial charge in [0.25, 0.3) is 0 Å². The number of methoxy groups -OCH3 is 1. The van der Waals surface area contributed by atoms with E-state index in [1.807, 2.05) is 24.3 Å². The molecule has 1 N–H and O–H groups in total. The second-order valence-electron chi connectivity index (χ2n) is 9.26. The Hall–Kier alpha value is -4.10. The van der Waals surface area contributed by atoms with E-state index in [4.69, 9.17) is 9.47 Å². The van der Waals surface area contributed by atoms with E-state index in [2.05, 4.69) is 45.0 Å². The molecule has 6 nitrogen and oxygen atoms in total. The normalized spacial score (nSPS) is 11.7. The molecule has 0 saturated heterocycles. The second-order valence-corrected chi connectivity index (χ2v) is 11.2. The molecule has 4 aromatic rings. The minimum Gasteiger partial charge on any atom is -0.497 e. The van der Waals surface area contributed by atoms with Crippen LogP contribution in [0.1, 0.15) is 40.9 Å². The summed E-state index contributed by atoms with van der Waals surface area (Å²) in [4.78, 5) is 11.3. The van der Waals surface area contributed by atoms with Gasteiger partial charge in [-0.15, -0.1) is 0 Å². The maximum Gasteiger partial charge on any atom is 0.337 e. The Kier molecular flexibility index (Phi) is 7.09. The van der Waals surface area contributed by atoms with E-state index in [0.29, 0.717) is 11.5 Å². The molecule has 190 valence electrons. The number of hydrogen-bond acceptors (Lipinski definition) is 5. The van der Waals surface area contributed by atoms with Crippen molar-refractivity contribution < 1.29 is 27.8 Å². The number of carboxylic acid groups (broad SMARTS) is 1. The first-order valence-corrected chi connectivity index (χ1v) is 13.1. The molecular weight excluding hydrogens is 488 g/mol. The summed E-state index contributed by atoms with van der Waals surface area (Å²) in [6.45, 7) is 6.41. The lowest BCUT2D eigenvalue weighted by atomic mass is 9.78. The number of rotatable bonds is 8. The molecule has 4 aromatic carbocycles. The average Bonchev–Trinajstić information content (AvgIpc) is 2.89. The Bertz CT molecular complexity index is 1520. The lowest BCUT2D eigenvalue weighted by molar-refractivity contribution is 0.0692. The number of carboxylic acids is 1. The Morgan fingerprint density at radius 1 is 0.757 bits per heavy atom. The number of aryl methyl sites for hydroxylation is 1. The van der Waals surface area contributed by atoms with Gasteiger partial charge in [-0.05, 0) is 72.6 Å². The molecule has 0 fully saturated rings. The average molecular weight is 517 g/mol. The summed E-state index contributed by atoms with van der Waals surface area (Å²) in [6, 6.07) is 26.0. The summed E-state index contributed by atoms with van der Waals surface area (Å²) in [5, 5.41) is 9.51. The van der Waals surface area contributed by atoms with Gasteiger partial charge in [0.1, 0.15) is 17.2 Å². The monoisotopic (exact) mass is 516 g/mol. The van der Waals surface area contributed by atoms with Crippen LogP contribution in [0.5, 0.6) is 17.2 Å². The molecule has 0 unspecified atom stereocenters. The van der Waals surface area contributed by atoms with Crippen LogP contribution in [0, 0.1) is 6.92 Å². The Morgan fingerprint density at radius 3 is 1.76 bits per heavy atom. The number of sulfone groups is 1. The number of benzene rings is 4. The van der Waals surface area contributed by atoms with Crippen molar-refractivity contribution >= 4 is 15.8 Å². The van der Waals surface area contributed by atoms with Gasteiger partial charge >= 0.3 is 5.97 Å². The summed E-state index contributed by atoms with van der Waals surface area (Å²) >= 11 is 0. The van der Waals surface area contributed by atoms with Crippen LogP contribution in [0.25, 0.3) is 0 Å². The summed E-state index contributed by atoms with van der Waals surface area (Å²) in [5.41, 5.74) is 3.03. The van der Waals surface area contributed by atoms with Gasteiger partial charge in [0.05, 0.1) is 22.5 Å². The molecule has 0 heterocycles. The van der Waals surface area contributed by atoms with Crippen molar-refractivity contribution in [3.8, 4) is 17.2 Å². The van der Waals surface area contributed by atoms with E-state index >= 15 is 0 Å². The standard InChI is InChI=1S/C30H28O6S/c1-20-5-7-21(8-6-20)30(2,3)22-9-11-23(12-10-22)36-24-13-16-26(17-14-24)37(33,34)28-18-15-25(35-4)19-27(28)29(31)32/h5-19H,1-4H3,(H,31,32). The topological polar surface area (TPSA) is 89.9 Å². The van der Waals surface area contributed by atoms with Crippen LogP contribution in [-0.2, 0) is 15.3 Å². The van der Waals surface area contributed by atoms with Gasteiger partial charge in [-0.3, -0.25) is 0 Å². The van der Waals surface area contributed by atoms with Crippen molar-refractivity contribution in [2.75, 3.05) is 7.11 Å². The second kappa shape index (κ2) is 10.1. The van der Waals surface area contributed by atoms with E-state index < -0.39 is 15.8 Å². The van der Waals surface area contributed by atoms with Crippen molar-refractivity contribution in [2.45, 2.75) is 36.0 Å². The first kappa shape index (κ1) is 26.0. The van der Waals surface area contributed by atoms with Crippen molar-refractivity contribution in [3.63, 3.8) is 0 Å². The van der Waals surface area contributed by atoms with Gasteiger partial charge in [-0.25, -0.2) is 13.2 Å². The maximum absolute atomic E-state index is 13.2. The molecule has 0 aromatic heterocycles. The predicted molar refractivity (Wildman–Crippen MR) is 142 cm³/mol. The Morgan fingerprint density at radius 2 is 1.24 bits per heavy atom. The minimum absolute atomic E-state index is 0.0392. The molecule has 0 radical (unpaired) electrons. The zero-order valence-electron chi connectivity index (χ0n) is 21.1. The van der Waals surface area contributed by atoms with Crippen LogP contribution in [0.15, 0.2) is 101 Å². The van der Waals surface area contributed by atoms with E-state index in [9.17, 15) is 18.3 Å². The van der Waals surface area contributed by atoms with Crippen LogP contribution in [0.3, 0.4) is 0 Å². The quantitative estimate of drug-likeness (QED) is 0.282. The fourth-order valence-electron chi connectivity index (χ4n) is 4.06. The Balaban J connectivity index is 1.53. The molecule has 0 atom stereocenters. The molecule has 7 heteroatoms. The molecule has 0 aliphatic heterocycles. The molecule has 0 aliphatic rings. The van der Waals surface area contributed by atoms with Gasteiger partial charge < -0.3 is 14.6 Å². The van der Waals surface area contributed by atoms with Crippen LogP contribution in [0.2, 0.25) is 0 Å². The summed E-state index contributed by atoms with van der Waals surface area (Å²) in [7, 11) is -2.69. The van der Waals surface area contributed by atoms with E-state index in [0.717, 1.165) is 5.56 Å². The molecule has 37 heavy (non-hydrogen) atoms.